The van der Waals surface area contributed by atoms with Crippen molar-refractivity contribution in [3.05, 3.63) is 0 Å². The second kappa shape index (κ2) is 7.09. The zero-order chi connectivity index (χ0) is 16.2. The topological polar surface area (TPSA) is 95.4 Å². The van der Waals surface area contributed by atoms with Gasteiger partial charge in [0.25, 0.3) is 0 Å². The van der Waals surface area contributed by atoms with Gasteiger partial charge in [-0.05, 0) is 38.0 Å². The lowest BCUT2D eigenvalue weighted by molar-refractivity contribution is -0.161. The third kappa shape index (κ3) is 2.93. The summed E-state index contributed by atoms with van der Waals surface area (Å²) in [5.74, 6) is -0.0157. The van der Waals surface area contributed by atoms with Crippen molar-refractivity contribution in [2.24, 2.45) is 22.8 Å². The molecule has 2 fully saturated rings. The summed E-state index contributed by atoms with van der Waals surface area (Å²) < 4.78 is 4.69. The van der Waals surface area contributed by atoms with E-state index in [9.17, 15) is 9.59 Å². The number of unbranched alkanes of at least 4 members (excludes halogenated alkanes) is 4. The van der Waals surface area contributed by atoms with Crippen LogP contribution in [0.1, 0.15) is 71.1 Å². The first kappa shape index (κ1) is 17.4. The number of hydrogen-bond donors (Lipinski definition) is 2. The van der Waals surface area contributed by atoms with Crippen LogP contribution in [0.25, 0.3) is 0 Å². The molecule has 2 aliphatic rings. The van der Waals surface area contributed by atoms with Crippen molar-refractivity contribution >= 4 is 12.4 Å². The second-order valence-corrected chi connectivity index (χ2v) is 7.24. The standard InChI is InChI=1S/C17H30N2O3/c1-2-3-4-5-6-8-17(19,15(21)22-12-20)16-9-7-13(11-16)10-14(16)18/h12-14H,2-11,18-19H2,1H3. The van der Waals surface area contributed by atoms with Crippen molar-refractivity contribution < 1.29 is 14.3 Å². The second-order valence-electron chi connectivity index (χ2n) is 7.24. The minimum atomic E-state index is -1.12. The Morgan fingerprint density at radius 2 is 2.09 bits per heavy atom. The van der Waals surface area contributed by atoms with Crippen LogP contribution in [0.2, 0.25) is 0 Å². The third-order valence-electron chi connectivity index (χ3n) is 6.03. The molecule has 0 amide bonds. The normalized spacial score (nSPS) is 32.7. The molecule has 5 heteroatoms. The van der Waals surface area contributed by atoms with Crippen LogP contribution in [0.3, 0.4) is 0 Å². The number of esters is 1. The number of ether oxygens (including phenoxy) is 1. The van der Waals surface area contributed by atoms with Gasteiger partial charge in [0, 0.05) is 11.5 Å². The summed E-state index contributed by atoms with van der Waals surface area (Å²) in [6.07, 6.45) is 9.80. The fourth-order valence-corrected chi connectivity index (χ4v) is 4.75. The molecule has 0 aromatic heterocycles. The molecule has 4 N–H and O–H groups in total. The fraction of sp³-hybridized carbons (Fsp3) is 0.882. The lowest BCUT2D eigenvalue weighted by Gasteiger charge is -2.46. The minimum Gasteiger partial charge on any atom is -0.394 e. The van der Waals surface area contributed by atoms with Crippen molar-refractivity contribution in [1.29, 1.82) is 0 Å². The Balaban J connectivity index is 2.11. The summed E-state index contributed by atoms with van der Waals surface area (Å²) in [6, 6.07) is -0.0638. The highest BCUT2D eigenvalue weighted by Gasteiger charge is 2.63. The molecule has 0 saturated heterocycles. The largest absolute Gasteiger partial charge is 0.394 e. The number of carbonyl (C=O) groups excluding carboxylic acids is 2. The van der Waals surface area contributed by atoms with Gasteiger partial charge >= 0.3 is 12.4 Å². The van der Waals surface area contributed by atoms with Crippen LogP contribution in [0.15, 0.2) is 0 Å². The van der Waals surface area contributed by atoms with Crippen LogP contribution in [0.4, 0.5) is 0 Å². The van der Waals surface area contributed by atoms with Gasteiger partial charge in [-0.2, -0.15) is 0 Å². The van der Waals surface area contributed by atoms with E-state index in [1.54, 1.807) is 0 Å². The van der Waals surface area contributed by atoms with Gasteiger partial charge in [0.05, 0.1) is 0 Å². The van der Waals surface area contributed by atoms with Crippen molar-refractivity contribution in [2.75, 3.05) is 0 Å². The van der Waals surface area contributed by atoms with E-state index in [1.165, 1.54) is 12.8 Å². The number of hydrogen-bond acceptors (Lipinski definition) is 5. The Labute approximate surface area is 133 Å². The average Bonchev–Trinajstić information content (AvgIpc) is 3.05. The first-order chi connectivity index (χ1) is 10.5. The number of carbonyl (C=O) groups is 2. The maximum atomic E-state index is 12.5. The molecule has 0 heterocycles. The Morgan fingerprint density at radius 3 is 2.64 bits per heavy atom. The number of nitrogens with two attached hydrogens (primary N) is 2. The van der Waals surface area contributed by atoms with Gasteiger partial charge in [-0.25, -0.2) is 4.79 Å². The summed E-state index contributed by atoms with van der Waals surface area (Å²) in [5, 5.41) is 0. The third-order valence-corrected chi connectivity index (χ3v) is 6.03. The smallest absolute Gasteiger partial charge is 0.334 e. The first-order valence-corrected chi connectivity index (χ1v) is 8.69. The molecule has 4 unspecified atom stereocenters. The Bertz CT molecular complexity index is 415. The predicted molar refractivity (Wildman–Crippen MR) is 84.8 cm³/mol. The number of rotatable bonds is 9. The molecule has 0 spiro atoms. The van der Waals surface area contributed by atoms with Gasteiger partial charge in [-0.15, -0.1) is 0 Å². The molecule has 126 valence electrons. The molecule has 2 aliphatic carbocycles. The Kier molecular flexibility index (Phi) is 5.61. The fourth-order valence-electron chi connectivity index (χ4n) is 4.75. The molecule has 0 radical (unpaired) electrons. The minimum absolute atomic E-state index is 0.0638. The first-order valence-electron chi connectivity index (χ1n) is 8.69. The molecule has 22 heavy (non-hydrogen) atoms. The van der Waals surface area contributed by atoms with Crippen LogP contribution in [-0.2, 0) is 14.3 Å². The summed E-state index contributed by atoms with van der Waals surface area (Å²) in [6.45, 7) is 2.37. The molecule has 0 aromatic rings. The zero-order valence-corrected chi connectivity index (χ0v) is 13.7. The van der Waals surface area contributed by atoms with Crippen LogP contribution in [0, 0.1) is 11.3 Å². The van der Waals surface area contributed by atoms with E-state index in [1.807, 2.05) is 0 Å². The molecular weight excluding hydrogens is 280 g/mol. The van der Waals surface area contributed by atoms with E-state index in [2.05, 4.69) is 6.92 Å². The zero-order valence-electron chi connectivity index (χ0n) is 13.7. The van der Waals surface area contributed by atoms with Gasteiger partial charge in [0.15, 0.2) is 0 Å². The van der Waals surface area contributed by atoms with Crippen LogP contribution in [0.5, 0.6) is 0 Å². The van der Waals surface area contributed by atoms with E-state index in [4.69, 9.17) is 16.2 Å². The summed E-state index contributed by atoms with van der Waals surface area (Å²) in [7, 11) is 0. The Morgan fingerprint density at radius 1 is 1.36 bits per heavy atom. The monoisotopic (exact) mass is 310 g/mol. The lowest BCUT2D eigenvalue weighted by Crippen LogP contribution is -2.65. The van der Waals surface area contributed by atoms with Gasteiger partial charge in [0.2, 0.25) is 0 Å². The number of fused-ring (bicyclic) bond motifs is 2. The van der Waals surface area contributed by atoms with Gasteiger partial charge in [0.1, 0.15) is 5.54 Å². The SMILES string of the molecule is CCCCCCCC(N)(C(=O)OC=O)C12CCC(CC1N)C2. The van der Waals surface area contributed by atoms with Crippen LogP contribution >= 0.6 is 0 Å². The highest BCUT2D eigenvalue weighted by molar-refractivity contribution is 5.86. The highest BCUT2D eigenvalue weighted by atomic mass is 16.6. The predicted octanol–water partition coefficient (Wildman–Crippen LogP) is 2.26. The molecule has 5 nitrogen and oxygen atoms in total. The van der Waals surface area contributed by atoms with Crippen molar-refractivity contribution in [3.63, 3.8) is 0 Å². The lowest BCUT2D eigenvalue weighted by atomic mass is 9.63. The highest BCUT2D eigenvalue weighted by Crippen LogP contribution is 2.59. The summed E-state index contributed by atoms with van der Waals surface area (Å²) in [4.78, 5) is 23.1. The summed E-state index contributed by atoms with van der Waals surface area (Å²) in [5.41, 5.74) is 11.4. The van der Waals surface area contributed by atoms with Gasteiger partial charge in [-0.3, -0.25) is 4.79 Å². The summed E-state index contributed by atoms with van der Waals surface area (Å²) >= 11 is 0. The molecule has 0 aliphatic heterocycles. The van der Waals surface area contributed by atoms with E-state index >= 15 is 0 Å². The molecule has 2 rings (SSSR count). The maximum Gasteiger partial charge on any atom is 0.334 e. The van der Waals surface area contributed by atoms with Crippen molar-refractivity contribution in [1.82, 2.24) is 0 Å². The molecule has 2 bridgehead atoms. The van der Waals surface area contributed by atoms with Crippen molar-refractivity contribution in [2.45, 2.75) is 82.7 Å². The maximum absolute atomic E-state index is 12.5. The molecule has 2 saturated carbocycles. The van der Waals surface area contributed by atoms with Gasteiger partial charge < -0.3 is 16.2 Å². The van der Waals surface area contributed by atoms with Crippen LogP contribution < -0.4 is 11.5 Å². The molecule has 4 atom stereocenters. The van der Waals surface area contributed by atoms with E-state index < -0.39 is 11.5 Å². The van der Waals surface area contributed by atoms with E-state index in [-0.39, 0.29) is 17.9 Å². The Hall–Kier alpha value is -0.940. The molecule has 0 aromatic carbocycles. The van der Waals surface area contributed by atoms with E-state index in [0.29, 0.717) is 12.3 Å². The van der Waals surface area contributed by atoms with Crippen molar-refractivity contribution in [3.8, 4) is 0 Å². The van der Waals surface area contributed by atoms with Gasteiger partial charge in [-0.1, -0.05) is 39.0 Å². The average molecular weight is 310 g/mol. The quantitative estimate of drug-likeness (QED) is 0.295. The van der Waals surface area contributed by atoms with Crippen LogP contribution in [-0.4, -0.2) is 24.0 Å². The van der Waals surface area contributed by atoms with E-state index in [0.717, 1.165) is 44.9 Å². The molecular formula is C17H30N2O3.